The van der Waals surface area contributed by atoms with Crippen LogP contribution in [0.5, 0.6) is 0 Å². The highest BCUT2D eigenvalue weighted by molar-refractivity contribution is 7.92. The van der Waals surface area contributed by atoms with Gasteiger partial charge in [0, 0.05) is 6.42 Å². The van der Waals surface area contributed by atoms with E-state index in [0.29, 0.717) is 22.8 Å². The molecule has 0 aliphatic heterocycles. The van der Waals surface area contributed by atoms with E-state index in [0.717, 1.165) is 15.8 Å². The van der Waals surface area contributed by atoms with Gasteiger partial charge in [-0.2, -0.15) is 0 Å². The highest BCUT2D eigenvalue weighted by Gasteiger charge is 2.16. The van der Waals surface area contributed by atoms with Crippen LogP contribution in [0.15, 0.2) is 41.3 Å². The Hall–Kier alpha value is -2.45. The monoisotopic (exact) mass is 389 g/mol. The third-order valence-corrected chi connectivity index (χ3v) is 6.33. The van der Waals surface area contributed by atoms with Gasteiger partial charge in [0.15, 0.2) is 5.13 Å². The SMILES string of the molecule is CCC(=O)Nc1nc2cc(NS(=O)(=O)c3ccc(C)c(C)c3)ccc2s1. The topological polar surface area (TPSA) is 88.2 Å². The van der Waals surface area contributed by atoms with Crippen molar-refractivity contribution in [3.63, 3.8) is 0 Å². The van der Waals surface area contributed by atoms with E-state index in [-0.39, 0.29) is 10.8 Å². The van der Waals surface area contributed by atoms with Gasteiger partial charge in [0.25, 0.3) is 10.0 Å². The van der Waals surface area contributed by atoms with Crippen LogP contribution in [0.4, 0.5) is 10.8 Å². The molecule has 0 atom stereocenters. The third-order valence-electron chi connectivity index (χ3n) is 4.00. The molecule has 1 amide bonds. The number of aromatic nitrogens is 1. The minimum atomic E-state index is -3.68. The van der Waals surface area contributed by atoms with Crippen molar-refractivity contribution in [2.75, 3.05) is 10.0 Å². The average molecular weight is 390 g/mol. The van der Waals surface area contributed by atoms with Gasteiger partial charge >= 0.3 is 0 Å². The van der Waals surface area contributed by atoms with Crippen molar-refractivity contribution in [2.24, 2.45) is 0 Å². The lowest BCUT2D eigenvalue weighted by atomic mass is 10.1. The molecule has 0 aliphatic carbocycles. The second-order valence-electron chi connectivity index (χ2n) is 5.95. The molecule has 6 nitrogen and oxygen atoms in total. The largest absolute Gasteiger partial charge is 0.302 e. The number of fused-ring (bicyclic) bond motifs is 1. The summed E-state index contributed by atoms with van der Waals surface area (Å²) in [5.74, 6) is -0.111. The molecular weight excluding hydrogens is 370 g/mol. The molecule has 8 heteroatoms. The average Bonchev–Trinajstić information content (AvgIpc) is 2.98. The maximum absolute atomic E-state index is 12.6. The lowest BCUT2D eigenvalue weighted by molar-refractivity contribution is -0.115. The van der Waals surface area contributed by atoms with E-state index in [1.165, 1.54) is 11.3 Å². The smallest absolute Gasteiger partial charge is 0.261 e. The highest BCUT2D eigenvalue weighted by Crippen LogP contribution is 2.29. The quantitative estimate of drug-likeness (QED) is 0.689. The molecule has 0 bridgehead atoms. The van der Waals surface area contributed by atoms with E-state index in [1.54, 1.807) is 43.3 Å². The van der Waals surface area contributed by atoms with Crippen LogP contribution in [0.3, 0.4) is 0 Å². The van der Waals surface area contributed by atoms with Crippen molar-refractivity contribution in [3.05, 3.63) is 47.5 Å². The number of anilines is 2. The summed E-state index contributed by atoms with van der Waals surface area (Å²) in [4.78, 5) is 16.0. The number of carbonyl (C=O) groups is 1. The second kappa shape index (κ2) is 7.05. The first-order valence-electron chi connectivity index (χ1n) is 8.09. The number of rotatable bonds is 5. The molecule has 0 radical (unpaired) electrons. The number of nitrogens with one attached hydrogen (secondary N) is 2. The lowest BCUT2D eigenvalue weighted by Crippen LogP contribution is -2.13. The zero-order chi connectivity index (χ0) is 18.9. The first kappa shape index (κ1) is 18.3. The number of amides is 1. The molecule has 136 valence electrons. The molecule has 3 rings (SSSR count). The molecule has 3 aromatic rings. The molecule has 1 heterocycles. The number of sulfonamides is 1. The van der Waals surface area contributed by atoms with E-state index in [4.69, 9.17) is 0 Å². The summed E-state index contributed by atoms with van der Waals surface area (Å²) in [7, 11) is -3.68. The highest BCUT2D eigenvalue weighted by atomic mass is 32.2. The molecule has 0 unspecified atom stereocenters. The zero-order valence-electron chi connectivity index (χ0n) is 14.7. The molecule has 0 saturated carbocycles. The summed E-state index contributed by atoms with van der Waals surface area (Å²) >= 11 is 1.35. The van der Waals surface area contributed by atoms with Crippen molar-refractivity contribution in [1.82, 2.24) is 4.98 Å². The van der Waals surface area contributed by atoms with Gasteiger partial charge in [-0.3, -0.25) is 9.52 Å². The van der Waals surface area contributed by atoms with Gasteiger partial charge in [0.1, 0.15) is 0 Å². The summed E-state index contributed by atoms with van der Waals surface area (Å²) in [5, 5.41) is 3.22. The van der Waals surface area contributed by atoms with E-state index >= 15 is 0 Å². The van der Waals surface area contributed by atoms with Crippen LogP contribution in [0, 0.1) is 13.8 Å². The molecular formula is C18H19N3O3S2. The predicted octanol–water partition coefficient (Wildman–Crippen LogP) is 4.06. The molecule has 2 aromatic carbocycles. The van der Waals surface area contributed by atoms with E-state index < -0.39 is 10.0 Å². The fraction of sp³-hybridized carbons (Fsp3) is 0.222. The molecule has 1 aromatic heterocycles. The summed E-state index contributed by atoms with van der Waals surface area (Å²) < 4.78 is 28.7. The minimum Gasteiger partial charge on any atom is -0.302 e. The Kier molecular flexibility index (Phi) is 4.97. The number of thiazole rings is 1. The van der Waals surface area contributed by atoms with Gasteiger partial charge in [-0.1, -0.05) is 24.3 Å². The van der Waals surface area contributed by atoms with Gasteiger partial charge in [0.05, 0.1) is 20.8 Å². The normalized spacial score (nSPS) is 11.5. The maximum Gasteiger partial charge on any atom is 0.261 e. The number of aryl methyl sites for hydroxylation is 2. The van der Waals surface area contributed by atoms with Gasteiger partial charge in [-0.05, 0) is 55.3 Å². The van der Waals surface area contributed by atoms with Crippen molar-refractivity contribution in [1.29, 1.82) is 0 Å². The first-order valence-corrected chi connectivity index (χ1v) is 10.4. The van der Waals surface area contributed by atoms with E-state index in [9.17, 15) is 13.2 Å². The van der Waals surface area contributed by atoms with Crippen LogP contribution in [0.2, 0.25) is 0 Å². The van der Waals surface area contributed by atoms with E-state index in [2.05, 4.69) is 15.0 Å². The van der Waals surface area contributed by atoms with Crippen LogP contribution >= 0.6 is 11.3 Å². The van der Waals surface area contributed by atoms with Crippen LogP contribution in [0.25, 0.3) is 10.2 Å². The number of hydrogen-bond donors (Lipinski definition) is 2. The number of carbonyl (C=O) groups excluding carboxylic acids is 1. The molecule has 0 spiro atoms. The zero-order valence-corrected chi connectivity index (χ0v) is 16.3. The Morgan fingerprint density at radius 2 is 1.88 bits per heavy atom. The summed E-state index contributed by atoms with van der Waals surface area (Å²) in [6, 6.07) is 10.2. The Labute approximate surface area is 156 Å². The molecule has 0 aliphatic rings. The first-order chi connectivity index (χ1) is 12.3. The van der Waals surface area contributed by atoms with Crippen molar-refractivity contribution < 1.29 is 13.2 Å². The standard InChI is InChI=1S/C18H19N3O3S2/c1-4-17(22)20-18-19-15-10-13(6-8-16(15)25-18)21-26(23,24)14-7-5-11(2)12(3)9-14/h5-10,21H,4H2,1-3H3,(H,19,20,22). The maximum atomic E-state index is 12.6. The van der Waals surface area contributed by atoms with E-state index in [1.807, 2.05) is 13.8 Å². The summed E-state index contributed by atoms with van der Waals surface area (Å²) in [6.07, 6.45) is 0.372. The summed E-state index contributed by atoms with van der Waals surface area (Å²) in [5.41, 5.74) is 3.00. The fourth-order valence-corrected chi connectivity index (χ4v) is 4.34. The minimum absolute atomic E-state index is 0.111. The van der Waals surface area contributed by atoms with Crippen molar-refractivity contribution in [2.45, 2.75) is 32.1 Å². The fourth-order valence-electron chi connectivity index (χ4n) is 2.35. The second-order valence-corrected chi connectivity index (χ2v) is 8.67. The van der Waals surface area contributed by atoms with Crippen LogP contribution < -0.4 is 10.0 Å². The molecule has 2 N–H and O–H groups in total. The van der Waals surface area contributed by atoms with Crippen LogP contribution in [-0.4, -0.2) is 19.3 Å². The molecule has 26 heavy (non-hydrogen) atoms. The Morgan fingerprint density at radius 3 is 2.58 bits per heavy atom. The van der Waals surface area contributed by atoms with Gasteiger partial charge in [-0.15, -0.1) is 0 Å². The van der Waals surface area contributed by atoms with Gasteiger partial charge in [-0.25, -0.2) is 13.4 Å². The van der Waals surface area contributed by atoms with Gasteiger partial charge in [0.2, 0.25) is 5.91 Å². The Bertz CT molecular complexity index is 1090. The van der Waals surface area contributed by atoms with Crippen LogP contribution in [-0.2, 0) is 14.8 Å². The summed E-state index contributed by atoms with van der Waals surface area (Å²) in [6.45, 7) is 5.58. The lowest BCUT2D eigenvalue weighted by Gasteiger charge is -2.09. The number of hydrogen-bond acceptors (Lipinski definition) is 5. The predicted molar refractivity (Wildman–Crippen MR) is 105 cm³/mol. The van der Waals surface area contributed by atoms with Crippen molar-refractivity contribution >= 4 is 48.3 Å². The third kappa shape index (κ3) is 3.86. The van der Waals surface area contributed by atoms with Gasteiger partial charge < -0.3 is 5.32 Å². The number of nitrogens with zero attached hydrogens (tertiary/aromatic N) is 1. The molecule has 0 fully saturated rings. The Balaban J connectivity index is 1.88. The number of benzene rings is 2. The molecule has 0 saturated heterocycles. The van der Waals surface area contributed by atoms with Crippen molar-refractivity contribution in [3.8, 4) is 0 Å². The Morgan fingerprint density at radius 1 is 1.12 bits per heavy atom. The van der Waals surface area contributed by atoms with Crippen LogP contribution in [0.1, 0.15) is 24.5 Å².